The van der Waals surface area contributed by atoms with Crippen molar-refractivity contribution in [1.82, 2.24) is 9.88 Å². The van der Waals surface area contributed by atoms with Gasteiger partial charge in [-0.1, -0.05) is 35.6 Å². The van der Waals surface area contributed by atoms with Crippen LogP contribution in [0.25, 0.3) is 10.2 Å². The molecule has 2 aliphatic rings. The Morgan fingerprint density at radius 2 is 1.93 bits per heavy atom. The molecule has 3 heterocycles. The second-order valence-corrected chi connectivity index (χ2v) is 8.40. The van der Waals surface area contributed by atoms with Gasteiger partial charge in [-0.05, 0) is 30.7 Å². The first-order valence-electron chi connectivity index (χ1n) is 9.87. The van der Waals surface area contributed by atoms with Crippen molar-refractivity contribution in [2.75, 3.05) is 19.7 Å². The van der Waals surface area contributed by atoms with Gasteiger partial charge in [0.2, 0.25) is 6.10 Å². The molecule has 1 atom stereocenters. The van der Waals surface area contributed by atoms with Crippen molar-refractivity contribution in [3.8, 4) is 16.7 Å². The monoisotopic (exact) mass is 410 g/mol. The SMILES string of the molecule is Cc1cccc2sc(OC3CCN(C(=O)C4COc5ccccc5O4)CC3)nc12. The Labute approximate surface area is 173 Å². The molecule has 2 aromatic carbocycles. The van der Waals surface area contributed by atoms with Gasteiger partial charge in [-0.2, -0.15) is 0 Å². The molecule has 5 rings (SSSR count). The van der Waals surface area contributed by atoms with E-state index in [1.807, 2.05) is 35.2 Å². The predicted octanol–water partition coefficient (Wildman–Crippen LogP) is 3.81. The third-order valence-electron chi connectivity index (χ3n) is 5.41. The van der Waals surface area contributed by atoms with Gasteiger partial charge >= 0.3 is 0 Å². The van der Waals surface area contributed by atoms with Crippen LogP contribution in [0.3, 0.4) is 0 Å². The lowest BCUT2D eigenvalue weighted by atomic mass is 10.1. The molecule has 1 saturated heterocycles. The van der Waals surface area contributed by atoms with Crippen LogP contribution in [0, 0.1) is 6.92 Å². The maximum absolute atomic E-state index is 12.9. The molecule has 2 aliphatic heterocycles. The Hall–Kier alpha value is -2.80. The number of hydrogen-bond acceptors (Lipinski definition) is 6. The molecule has 3 aromatic rings. The number of carbonyl (C=O) groups is 1. The zero-order valence-corrected chi connectivity index (χ0v) is 17.0. The zero-order valence-electron chi connectivity index (χ0n) is 16.2. The number of fused-ring (bicyclic) bond motifs is 2. The highest BCUT2D eigenvalue weighted by Gasteiger charge is 2.33. The molecule has 1 fully saturated rings. The molecule has 1 unspecified atom stereocenters. The summed E-state index contributed by atoms with van der Waals surface area (Å²) in [4.78, 5) is 19.3. The van der Waals surface area contributed by atoms with E-state index in [0.29, 0.717) is 29.8 Å². The normalized spacial score (nSPS) is 19.3. The van der Waals surface area contributed by atoms with E-state index in [4.69, 9.17) is 14.2 Å². The number of hydrogen-bond donors (Lipinski definition) is 0. The predicted molar refractivity (Wildman–Crippen MR) is 111 cm³/mol. The minimum absolute atomic E-state index is 0.0198. The van der Waals surface area contributed by atoms with Crippen LogP contribution >= 0.6 is 11.3 Å². The first kappa shape index (κ1) is 18.2. The number of amides is 1. The van der Waals surface area contributed by atoms with Crippen LogP contribution in [-0.4, -0.2) is 47.7 Å². The summed E-state index contributed by atoms with van der Waals surface area (Å²) in [5, 5.41) is 0.708. The number of nitrogens with zero attached hydrogens (tertiary/aromatic N) is 2. The maximum atomic E-state index is 12.9. The fourth-order valence-electron chi connectivity index (χ4n) is 3.80. The van der Waals surface area contributed by atoms with Gasteiger partial charge < -0.3 is 19.1 Å². The van der Waals surface area contributed by atoms with Gasteiger partial charge in [0.1, 0.15) is 12.7 Å². The first-order chi connectivity index (χ1) is 14.2. The lowest BCUT2D eigenvalue weighted by Gasteiger charge is -2.35. The number of piperidine rings is 1. The Morgan fingerprint density at radius 1 is 1.14 bits per heavy atom. The summed E-state index contributed by atoms with van der Waals surface area (Å²) in [5.41, 5.74) is 2.17. The first-order valence-corrected chi connectivity index (χ1v) is 10.7. The molecule has 0 N–H and O–H groups in total. The Balaban J connectivity index is 1.18. The number of aryl methyl sites for hydroxylation is 1. The fraction of sp³-hybridized carbons (Fsp3) is 0.364. The fourth-order valence-corrected chi connectivity index (χ4v) is 4.76. The highest BCUT2D eigenvalue weighted by molar-refractivity contribution is 7.20. The van der Waals surface area contributed by atoms with Gasteiger partial charge in [0.05, 0.1) is 10.2 Å². The summed E-state index contributed by atoms with van der Waals surface area (Å²) < 4.78 is 18.8. The summed E-state index contributed by atoms with van der Waals surface area (Å²) in [6.45, 7) is 3.60. The molecule has 0 saturated carbocycles. The summed E-state index contributed by atoms with van der Waals surface area (Å²) in [5.74, 6) is 1.30. The maximum Gasteiger partial charge on any atom is 0.274 e. The van der Waals surface area contributed by atoms with Gasteiger partial charge in [0.15, 0.2) is 11.5 Å². The van der Waals surface area contributed by atoms with Gasteiger partial charge in [-0.3, -0.25) is 4.79 Å². The third-order valence-corrected chi connectivity index (χ3v) is 6.32. The standard InChI is InChI=1S/C22H22N2O4S/c1-14-5-4-8-19-20(14)23-22(29-19)27-15-9-11-24(12-10-15)21(25)18-13-26-16-6-2-3-7-17(16)28-18/h2-8,15,18H,9-13H2,1H3. The molecule has 1 aromatic heterocycles. The molecule has 7 heteroatoms. The second-order valence-electron chi connectivity index (χ2n) is 7.41. The third kappa shape index (κ3) is 3.62. The topological polar surface area (TPSA) is 60.9 Å². The van der Waals surface area contributed by atoms with E-state index >= 15 is 0 Å². The lowest BCUT2D eigenvalue weighted by molar-refractivity contribution is -0.143. The second kappa shape index (κ2) is 7.55. The molecule has 0 aliphatic carbocycles. The molecule has 29 heavy (non-hydrogen) atoms. The number of benzene rings is 2. The van der Waals surface area contributed by atoms with Gasteiger partial charge in [-0.15, -0.1) is 0 Å². The minimum atomic E-state index is -0.588. The Bertz CT molecular complexity index is 1040. The van der Waals surface area contributed by atoms with E-state index < -0.39 is 6.10 Å². The van der Waals surface area contributed by atoms with Crippen LogP contribution in [0.4, 0.5) is 0 Å². The van der Waals surface area contributed by atoms with E-state index in [-0.39, 0.29) is 18.6 Å². The van der Waals surface area contributed by atoms with E-state index in [0.717, 1.165) is 28.6 Å². The quantitative estimate of drug-likeness (QED) is 0.657. The van der Waals surface area contributed by atoms with Crippen LogP contribution in [0.2, 0.25) is 0 Å². The zero-order chi connectivity index (χ0) is 19.8. The number of ether oxygens (including phenoxy) is 3. The number of para-hydroxylation sites is 3. The smallest absolute Gasteiger partial charge is 0.274 e. The summed E-state index contributed by atoms with van der Waals surface area (Å²) in [6.07, 6.45) is 1.05. The van der Waals surface area contributed by atoms with Crippen molar-refractivity contribution in [2.45, 2.75) is 32.0 Å². The number of carbonyl (C=O) groups excluding carboxylic acids is 1. The average molecular weight is 410 g/mol. The summed E-state index contributed by atoms with van der Waals surface area (Å²) in [6, 6.07) is 13.6. The summed E-state index contributed by atoms with van der Waals surface area (Å²) in [7, 11) is 0. The van der Waals surface area contributed by atoms with Crippen molar-refractivity contribution in [1.29, 1.82) is 0 Å². The largest absolute Gasteiger partial charge is 0.485 e. The van der Waals surface area contributed by atoms with E-state index in [1.165, 1.54) is 0 Å². The molecular formula is C22H22N2O4S. The number of aromatic nitrogens is 1. The van der Waals surface area contributed by atoms with Gasteiger partial charge in [0.25, 0.3) is 11.1 Å². The molecular weight excluding hydrogens is 388 g/mol. The van der Waals surface area contributed by atoms with Gasteiger partial charge in [-0.25, -0.2) is 4.98 Å². The van der Waals surface area contributed by atoms with Crippen LogP contribution in [0.1, 0.15) is 18.4 Å². The molecule has 0 spiro atoms. The van der Waals surface area contributed by atoms with Crippen molar-refractivity contribution in [3.05, 3.63) is 48.0 Å². The average Bonchev–Trinajstić information content (AvgIpc) is 3.17. The van der Waals surface area contributed by atoms with Crippen LogP contribution < -0.4 is 14.2 Å². The van der Waals surface area contributed by atoms with E-state index in [9.17, 15) is 4.79 Å². The van der Waals surface area contributed by atoms with E-state index in [2.05, 4.69) is 24.0 Å². The number of rotatable bonds is 3. The molecule has 6 nitrogen and oxygen atoms in total. The van der Waals surface area contributed by atoms with Crippen molar-refractivity contribution < 1.29 is 19.0 Å². The summed E-state index contributed by atoms with van der Waals surface area (Å²) >= 11 is 1.58. The minimum Gasteiger partial charge on any atom is -0.485 e. The number of thiazole rings is 1. The van der Waals surface area contributed by atoms with Crippen molar-refractivity contribution in [3.63, 3.8) is 0 Å². The van der Waals surface area contributed by atoms with E-state index in [1.54, 1.807) is 11.3 Å². The molecule has 0 radical (unpaired) electrons. The Morgan fingerprint density at radius 3 is 2.72 bits per heavy atom. The lowest BCUT2D eigenvalue weighted by Crippen LogP contribution is -2.50. The van der Waals surface area contributed by atoms with Gasteiger partial charge in [0, 0.05) is 25.9 Å². The van der Waals surface area contributed by atoms with Crippen molar-refractivity contribution in [2.24, 2.45) is 0 Å². The Kier molecular flexibility index (Phi) is 4.75. The van der Waals surface area contributed by atoms with Crippen LogP contribution in [-0.2, 0) is 4.79 Å². The highest BCUT2D eigenvalue weighted by atomic mass is 32.1. The number of likely N-dealkylation sites (tertiary alicyclic amines) is 1. The van der Waals surface area contributed by atoms with Crippen LogP contribution in [0.15, 0.2) is 42.5 Å². The highest BCUT2D eigenvalue weighted by Crippen LogP contribution is 2.33. The van der Waals surface area contributed by atoms with Crippen molar-refractivity contribution >= 4 is 27.5 Å². The molecule has 1 amide bonds. The molecule has 150 valence electrons. The molecule has 0 bridgehead atoms. The van der Waals surface area contributed by atoms with Crippen LogP contribution in [0.5, 0.6) is 16.7 Å².